The first-order valence-electron chi connectivity index (χ1n) is 5.06. The van der Waals surface area contributed by atoms with Gasteiger partial charge in [-0.2, -0.15) is 0 Å². The maximum Gasteiger partial charge on any atom is 0.239 e. The van der Waals surface area contributed by atoms with E-state index in [1.165, 1.54) is 12.1 Å². The number of amides is 1. The average Bonchev–Trinajstić information content (AvgIpc) is 2.12. The van der Waals surface area contributed by atoms with Crippen molar-refractivity contribution in [1.29, 1.82) is 0 Å². The lowest BCUT2D eigenvalue weighted by Gasteiger charge is -2.10. The van der Waals surface area contributed by atoms with Gasteiger partial charge in [0.1, 0.15) is 5.82 Å². The fourth-order valence-electron chi connectivity index (χ4n) is 1.27. The maximum atomic E-state index is 12.9. The van der Waals surface area contributed by atoms with Crippen LogP contribution in [0.25, 0.3) is 0 Å². The fourth-order valence-corrected chi connectivity index (χ4v) is 1.27. The minimum absolute atomic E-state index is 0.0897. The molecule has 0 aromatic heterocycles. The summed E-state index contributed by atoms with van der Waals surface area (Å²) in [5.41, 5.74) is 6.29. The minimum Gasteiger partial charge on any atom is -0.399 e. The van der Waals surface area contributed by atoms with Gasteiger partial charge in [0.15, 0.2) is 0 Å². The van der Waals surface area contributed by atoms with Crippen molar-refractivity contribution in [3.05, 3.63) is 24.0 Å². The Labute approximate surface area is 94.0 Å². The molecule has 0 spiro atoms. The zero-order valence-electron chi connectivity index (χ0n) is 9.38. The van der Waals surface area contributed by atoms with Crippen LogP contribution in [0.5, 0.6) is 0 Å². The lowest BCUT2D eigenvalue weighted by atomic mass is 10.2. The molecule has 0 unspecified atom stereocenters. The van der Waals surface area contributed by atoms with Crippen LogP contribution in [0.15, 0.2) is 18.2 Å². The molecule has 4 nitrogen and oxygen atoms in total. The highest BCUT2D eigenvalue weighted by Crippen LogP contribution is 2.14. The van der Waals surface area contributed by atoms with Crippen molar-refractivity contribution in [1.82, 2.24) is 5.32 Å². The van der Waals surface area contributed by atoms with Crippen LogP contribution < -0.4 is 16.4 Å². The standard InChI is InChI=1S/C11H16FN3O/c1-7(2)15-11(16)6-14-10-4-8(12)3-9(13)5-10/h3-5,7,14H,6,13H2,1-2H3,(H,15,16). The molecule has 0 aliphatic rings. The highest BCUT2D eigenvalue weighted by atomic mass is 19.1. The van der Waals surface area contributed by atoms with Crippen molar-refractivity contribution in [3.63, 3.8) is 0 Å². The number of nitrogens with one attached hydrogen (secondary N) is 2. The smallest absolute Gasteiger partial charge is 0.239 e. The number of halogens is 1. The number of anilines is 2. The van der Waals surface area contributed by atoms with Gasteiger partial charge < -0.3 is 16.4 Å². The molecule has 0 heterocycles. The summed E-state index contributed by atoms with van der Waals surface area (Å²) in [6, 6.07) is 4.18. The van der Waals surface area contributed by atoms with Gasteiger partial charge in [-0.05, 0) is 32.0 Å². The lowest BCUT2D eigenvalue weighted by Crippen LogP contribution is -2.34. The monoisotopic (exact) mass is 225 g/mol. The Kier molecular flexibility index (Phi) is 4.10. The Morgan fingerprint density at radius 3 is 2.69 bits per heavy atom. The molecular formula is C11H16FN3O. The van der Waals surface area contributed by atoms with Crippen LogP contribution in [0.1, 0.15) is 13.8 Å². The third kappa shape index (κ3) is 4.16. The van der Waals surface area contributed by atoms with Crippen LogP contribution in [0.2, 0.25) is 0 Å². The van der Waals surface area contributed by atoms with Gasteiger partial charge in [0.05, 0.1) is 6.54 Å². The van der Waals surface area contributed by atoms with Crippen LogP contribution >= 0.6 is 0 Å². The second-order valence-electron chi connectivity index (χ2n) is 3.85. The van der Waals surface area contributed by atoms with E-state index in [0.717, 1.165) is 0 Å². The molecule has 0 aliphatic heterocycles. The quantitative estimate of drug-likeness (QED) is 0.677. The van der Waals surface area contributed by atoms with E-state index in [0.29, 0.717) is 11.4 Å². The van der Waals surface area contributed by atoms with E-state index in [4.69, 9.17) is 5.73 Å². The molecule has 0 saturated carbocycles. The number of nitrogens with two attached hydrogens (primary N) is 1. The van der Waals surface area contributed by atoms with Gasteiger partial charge in [0.2, 0.25) is 5.91 Å². The molecule has 88 valence electrons. The van der Waals surface area contributed by atoms with Gasteiger partial charge in [0.25, 0.3) is 0 Å². The summed E-state index contributed by atoms with van der Waals surface area (Å²) in [5.74, 6) is -0.565. The van der Waals surface area contributed by atoms with Crippen molar-refractivity contribution in [2.75, 3.05) is 17.6 Å². The predicted molar refractivity (Wildman–Crippen MR) is 62.6 cm³/mol. The highest BCUT2D eigenvalue weighted by molar-refractivity contribution is 5.81. The first kappa shape index (κ1) is 12.3. The molecule has 1 aromatic carbocycles. The predicted octanol–water partition coefficient (Wildman–Crippen LogP) is 1.34. The number of rotatable bonds is 4. The van der Waals surface area contributed by atoms with E-state index in [9.17, 15) is 9.18 Å². The largest absolute Gasteiger partial charge is 0.399 e. The summed E-state index contributed by atoms with van der Waals surface area (Å²) in [7, 11) is 0. The molecule has 1 aromatic rings. The first-order chi connectivity index (χ1) is 7.47. The minimum atomic E-state index is -0.424. The molecule has 5 heteroatoms. The fraction of sp³-hybridized carbons (Fsp3) is 0.364. The summed E-state index contributed by atoms with van der Waals surface area (Å²) >= 11 is 0. The average molecular weight is 225 g/mol. The van der Waals surface area contributed by atoms with Crippen molar-refractivity contribution in [2.45, 2.75) is 19.9 Å². The van der Waals surface area contributed by atoms with E-state index in [1.807, 2.05) is 13.8 Å². The van der Waals surface area contributed by atoms with Crippen molar-refractivity contribution < 1.29 is 9.18 Å². The summed E-state index contributed by atoms with van der Waals surface area (Å²) in [4.78, 5) is 11.3. The van der Waals surface area contributed by atoms with E-state index in [2.05, 4.69) is 10.6 Å². The summed E-state index contributed by atoms with van der Waals surface area (Å²) < 4.78 is 12.9. The molecule has 1 rings (SSSR count). The number of benzene rings is 1. The van der Waals surface area contributed by atoms with Crippen LogP contribution in [-0.4, -0.2) is 18.5 Å². The van der Waals surface area contributed by atoms with Gasteiger partial charge in [-0.3, -0.25) is 4.79 Å². The Morgan fingerprint density at radius 1 is 1.44 bits per heavy atom. The highest BCUT2D eigenvalue weighted by Gasteiger charge is 2.03. The maximum absolute atomic E-state index is 12.9. The van der Waals surface area contributed by atoms with Crippen molar-refractivity contribution in [2.24, 2.45) is 0 Å². The zero-order valence-corrected chi connectivity index (χ0v) is 9.38. The Hall–Kier alpha value is -1.78. The second kappa shape index (κ2) is 5.34. The number of hydrogen-bond donors (Lipinski definition) is 3. The lowest BCUT2D eigenvalue weighted by molar-refractivity contribution is -0.119. The van der Waals surface area contributed by atoms with Gasteiger partial charge in [-0.25, -0.2) is 4.39 Å². The van der Waals surface area contributed by atoms with Crippen LogP contribution in [0, 0.1) is 5.82 Å². The number of carbonyl (C=O) groups excluding carboxylic acids is 1. The molecule has 0 atom stereocenters. The third-order valence-electron chi connectivity index (χ3n) is 1.82. The molecular weight excluding hydrogens is 209 g/mol. The molecule has 0 fully saturated rings. The molecule has 0 aliphatic carbocycles. The Balaban J connectivity index is 2.51. The first-order valence-corrected chi connectivity index (χ1v) is 5.06. The summed E-state index contributed by atoms with van der Waals surface area (Å²) in [6.07, 6.45) is 0. The summed E-state index contributed by atoms with van der Waals surface area (Å²) in [6.45, 7) is 3.84. The zero-order chi connectivity index (χ0) is 12.1. The van der Waals surface area contributed by atoms with E-state index in [1.54, 1.807) is 6.07 Å². The van der Waals surface area contributed by atoms with Gasteiger partial charge >= 0.3 is 0 Å². The number of nitrogen functional groups attached to an aromatic ring is 1. The Bertz CT molecular complexity index is 359. The molecule has 16 heavy (non-hydrogen) atoms. The third-order valence-corrected chi connectivity index (χ3v) is 1.82. The molecule has 0 radical (unpaired) electrons. The number of hydrogen-bond acceptors (Lipinski definition) is 3. The second-order valence-corrected chi connectivity index (χ2v) is 3.85. The van der Waals surface area contributed by atoms with E-state index < -0.39 is 5.82 Å². The van der Waals surface area contributed by atoms with E-state index >= 15 is 0 Å². The molecule has 0 saturated heterocycles. The molecule has 1 amide bonds. The van der Waals surface area contributed by atoms with Crippen LogP contribution in [0.3, 0.4) is 0 Å². The topological polar surface area (TPSA) is 67.2 Å². The molecule has 0 bridgehead atoms. The SMILES string of the molecule is CC(C)NC(=O)CNc1cc(N)cc(F)c1. The van der Waals surface area contributed by atoms with Crippen molar-refractivity contribution >= 4 is 17.3 Å². The van der Waals surface area contributed by atoms with Crippen LogP contribution in [-0.2, 0) is 4.79 Å². The Morgan fingerprint density at radius 2 is 2.12 bits per heavy atom. The number of carbonyl (C=O) groups is 1. The normalized spacial score (nSPS) is 10.2. The van der Waals surface area contributed by atoms with Crippen molar-refractivity contribution in [3.8, 4) is 0 Å². The van der Waals surface area contributed by atoms with E-state index in [-0.39, 0.29) is 18.5 Å². The summed E-state index contributed by atoms with van der Waals surface area (Å²) in [5, 5.41) is 5.52. The van der Waals surface area contributed by atoms with Crippen LogP contribution in [0.4, 0.5) is 15.8 Å². The van der Waals surface area contributed by atoms with Gasteiger partial charge in [0, 0.05) is 17.4 Å². The molecule has 4 N–H and O–H groups in total. The van der Waals surface area contributed by atoms with Gasteiger partial charge in [-0.15, -0.1) is 0 Å². The van der Waals surface area contributed by atoms with Gasteiger partial charge in [-0.1, -0.05) is 0 Å².